The first kappa shape index (κ1) is 21.4. The van der Waals surface area contributed by atoms with Crippen molar-refractivity contribution in [1.82, 2.24) is 10.2 Å². The summed E-state index contributed by atoms with van der Waals surface area (Å²) in [6.45, 7) is 2.86. The molecule has 1 amide bonds. The van der Waals surface area contributed by atoms with Gasteiger partial charge in [-0.15, -0.1) is 0 Å². The molecule has 1 N–H and O–H groups in total. The van der Waals surface area contributed by atoms with E-state index in [1.165, 1.54) is 12.1 Å². The zero-order valence-corrected chi connectivity index (χ0v) is 18.1. The quantitative estimate of drug-likeness (QED) is 0.683. The van der Waals surface area contributed by atoms with Crippen molar-refractivity contribution in [3.63, 3.8) is 0 Å². The molecule has 2 aromatic rings. The van der Waals surface area contributed by atoms with Crippen molar-refractivity contribution in [1.29, 1.82) is 0 Å². The molecule has 0 aliphatic carbocycles. The number of carbonyl (C=O) groups excluding carboxylic acids is 1. The lowest BCUT2D eigenvalue weighted by atomic mass is 9.62. The van der Waals surface area contributed by atoms with Gasteiger partial charge < -0.3 is 10.2 Å². The second kappa shape index (κ2) is 7.86. The van der Waals surface area contributed by atoms with Gasteiger partial charge in [-0.05, 0) is 23.6 Å². The molecule has 0 saturated carbocycles. The molecule has 2 atom stereocenters. The molecule has 0 spiro atoms. The number of alkyl halides is 3. The van der Waals surface area contributed by atoms with Crippen LogP contribution in [0.5, 0.6) is 0 Å². The van der Waals surface area contributed by atoms with Crippen molar-refractivity contribution < 1.29 is 18.0 Å². The van der Waals surface area contributed by atoms with E-state index >= 15 is 0 Å². The van der Waals surface area contributed by atoms with Crippen molar-refractivity contribution in [2.45, 2.75) is 44.1 Å². The molecule has 5 nitrogen and oxygen atoms in total. The topological polar surface area (TPSA) is 57.1 Å². The number of carbonyl (C=O) groups is 1. The van der Waals surface area contributed by atoms with Crippen LogP contribution in [0, 0.1) is 0 Å². The molecule has 3 heterocycles. The summed E-state index contributed by atoms with van der Waals surface area (Å²) >= 11 is 0. The number of benzene rings is 2. The maximum absolute atomic E-state index is 13.9. The number of fused-ring (bicyclic) bond motifs is 1. The summed E-state index contributed by atoms with van der Waals surface area (Å²) in [4.78, 5) is 15.7. The fourth-order valence-electron chi connectivity index (χ4n) is 5.21. The van der Waals surface area contributed by atoms with Gasteiger partial charge in [-0.1, -0.05) is 55.5 Å². The minimum absolute atomic E-state index is 0.168. The predicted octanol–water partition coefficient (Wildman–Crippen LogP) is 5.32. The van der Waals surface area contributed by atoms with Gasteiger partial charge in [-0.25, -0.2) is 0 Å². The van der Waals surface area contributed by atoms with E-state index in [0.717, 1.165) is 17.3 Å². The third-order valence-electron chi connectivity index (χ3n) is 6.77. The normalized spacial score (nSPS) is 24.4. The number of hydrogen-bond donors (Lipinski definition) is 1. The molecule has 0 bridgehead atoms. The predicted molar refractivity (Wildman–Crippen MR) is 117 cm³/mol. The molecule has 0 radical (unpaired) electrons. The number of hydrogen-bond acceptors (Lipinski definition) is 4. The lowest BCUT2D eigenvalue weighted by Crippen LogP contribution is -2.54. The monoisotopic (exact) mass is 452 g/mol. The van der Waals surface area contributed by atoms with Crippen molar-refractivity contribution in [2.24, 2.45) is 10.2 Å². The van der Waals surface area contributed by atoms with E-state index < -0.39 is 23.3 Å². The molecule has 8 heteroatoms. The zero-order chi connectivity index (χ0) is 23.2. The second-order valence-corrected chi connectivity index (χ2v) is 8.52. The van der Waals surface area contributed by atoms with Gasteiger partial charge in [-0.2, -0.15) is 23.4 Å². The summed E-state index contributed by atoms with van der Waals surface area (Å²) in [6.07, 6.45) is -2.38. The third-order valence-corrected chi connectivity index (χ3v) is 6.77. The summed E-state index contributed by atoms with van der Waals surface area (Å²) in [5.41, 5.74) is 1.62. The maximum atomic E-state index is 13.9. The van der Waals surface area contributed by atoms with Gasteiger partial charge in [0.1, 0.15) is 0 Å². The van der Waals surface area contributed by atoms with Gasteiger partial charge in [0.25, 0.3) is 5.91 Å². The lowest BCUT2D eigenvalue weighted by Gasteiger charge is -2.47. The maximum Gasteiger partial charge on any atom is 0.416 e. The van der Waals surface area contributed by atoms with Gasteiger partial charge in [0.05, 0.1) is 22.8 Å². The first-order valence-corrected chi connectivity index (χ1v) is 11.0. The van der Waals surface area contributed by atoms with Crippen LogP contribution in [0.25, 0.3) is 0 Å². The van der Waals surface area contributed by atoms with Crippen LogP contribution in [0.4, 0.5) is 13.2 Å². The van der Waals surface area contributed by atoms with Gasteiger partial charge in [-0.3, -0.25) is 4.79 Å². The van der Waals surface area contributed by atoms with Crippen LogP contribution in [-0.2, 0) is 22.9 Å². The highest BCUT2D eigenvalue weighted by molar-refractivity contribution is 5.99. The Labute approximate surface area is 189 Å². The summed E-state index contributed by atoms with van der Waals surface area (Å²) < 4.78 is 40.8. The van der Waals surface area contributed by atoms with Gasteiger partial charge >= 0.3 is 6.18 Å². The molecule has 0 aromatic heterocycles. The summed E-state index contributed by atoms with van der Waals surface area (Å²) in [5, 5.41) is 11.6. The second-order valence-electron chi connectivity index (χ2n) is 8.52. The molecular formula is C25H23F3N4O. The Bertz CT molecular complexity index is 1190. The fraction of sp³-hybridized carbons (Fsp3) is 0.320. The highest BCUT2D eigenvalue weighted by Gasteiger charge is 2.52. The van der Waals surface area contributed by atoms with E-state index in [4.69, 9.17) is 0 Å². The van der Waals surface area contributed by atoms with E-state index in [9.17, 15) is 18.0 Å². The highest BCUT2D eigenvalue weighted by atomic mass is 19.4. The molecular weight excluding hydrogens is 429 g/mol. The Hall–Kier alpha value is -3.42. The van der Waals surface area contributed by atoms with E-state index in [0.29, 0.717) is 42.6 Å². The van der Waals surface area contributed by atoms with Gasteiger partial charge in [0, 0.05) is 30.8 Å². The summed E-state index contributed by atoms with van der Waals surface area (Å²) in [5.74, 6) is -0.168. The summed E-state index contributed by atoms with van der Waals surface area (Å²) in [7, 11) is 0. The molecule has 170 valence electrons. The molecule has 5 rings (SSSR count). The number of rotatable bonds is 4. The van der Waals surface area contributed by atoms with Crippen molar-refractivity contribution in [3.8, 4) is 0 Å². The van der Waals surface area contributed by atoms with Crippen molar-refractivity contribution >= 4 is 5.91 Å². The lowest BCUT2D eigenvalue weighted by molar-refractivity contribution is -0.137. The largest absolute Gasteiger partial charge is 0.416 e. The number of azo groups is 1. The fourth-order valence-corrected chi connectivity index (χ4v) is 5.21. The van der Waals surface area contributed by atoms with Crippen LogP contribution >= 0.6 is 0 Å². The molecule has 33 heavy (non-hydrogen) atoms. The molecule has 0 fully saturated rings. The number of amides is 1. The number of nitrogens with one attached hydrogen (secondary N) is 1. The van der Waals surface area contributed by atoms with Crippen LogP contribution in [-0.4, -0.2) is 23.5 Å². The van der Waals surface area contributed by atoms with Crippen molar-refractivity contribution in [2.75, 3.05) is 6.54 Å². The number of halogens is 3. The van der Waals surface area contributed by atoms with Crippen LogP contribution in [0.3, 0.4) is 0 Å². The average molecular weight is 452 g/mol. The minimum Gasteiger partial charge on any atom is -0.362 e. The highest BCUT2D eigenvalue weighted by Crippen LogP contribution is 2.51. The Balaban J connectivity index is 1.65. The first-order chi connectivity index (χ1) is 15.8. The molecule has 2 aromatic carbocycles. The van der Waals surface area contributed by atoms with Crippen LogP contribution < -0.4 is 5.32 Å². The zero-order valence-electron chi connectivity index (χ0n) is 18.1. The molecule has 3 aliphatic rings. The van der Waals surface area contributed by atoms with Gasteiger partial charge in [0.2, 0.25) is 0 Å². The summed E-state index contributed by atoms with van der Waals surface area (Å²) in [6, 6.07) is 15.0. The first-order valence-electron chi connectivity index (χ1n) is 11.0. The van der Waals surface area contributed by atoms with E-state index in [2.05, 4.69) is 15.5 Å². The average Bonchev–Trinajstić information content (AvgIpc) is 3.29. The van der Waals surface area contributed by atoms with Crippen LogP contribution in [0.15, 0.2) is 87.9 Å². The van der Waals surface area contributed by atoms with Crippen molar-refractivity contribution in [3.05, 3.63) is 94.3 Å². The third kappa shape index (κ3) is 3.44. The number of nitrogens with zero attached hydrogens (tertiary/aromatic N) is 3. The van der Waals surface area contributed by atoms with E-state index in [1.807, 2.05) is 37.3 Å². The van der Waals surface area contributed by atoms with E-state index in [1.54, 1.807) is 17.2 Å². The molecule has 3 aliphatic heterocycles. The van der Waals surface area contributed by atoms with E-state index in [-0.39, 0.29) is 5.91 Å². The Morgan fingerprint density at radius 2 is 1.94 bits per heavy atom. The standard InChI is InChI=1S/C25H23F3N4O/c1-2-24(17-9-6-10-18(13-17)25(26,27)28)19-14-29-31-22(19)30-20-11-12-32(23(33)21(20)24)15-16-7-4-3-5-8-16/h3-10,13-14,22,30H,2,11-12,15H2,1H3. The smallest absolute Gasteiger partial charge is 0.362 e. The van der Waals surface area contributed by atoms with Gasteiger partial charge in [0.15, 0.2) is 6.17 Å². The minimum atomic E-state index is -4.48. The van der Waals surface area contributed by atoms with Crippen LogP contribution in [0.2, 0.25) is 0 Å². The van der Waals surface area contributed by atoms with Crippen LogP contribution in [0.1, 0.15) is 36.5 Å². The molecule has 0 saturated heterocycles. The Morgan fingerprint density at radius 1 is 1.15 bits per heavy atom. The Morgan fingerprint density at radius 3 is 2.67 bits per heavy atom. The Kier molecular flexibility index (Phi) is 5.11. The molecule has 2 unspecified atom stereocenters. The SMILES string of the molecule is CCC1(c2cccc(C(F)(F)F)c2)C2=CN=NC2NC2=C1C(=O)N(Cc1ccccc1)CC2.